The monoisotopic (exact) mass is 286 g/mol. The number of aromatic amines is 1. The molecule has 0 spiro atoms. The summed E-state index contributed by atoms with van der Waals surface area (Å²) in [6.07, 6.45) is 0. The topological polar surface area (TPSA) is 64.3 Å². The molecule has 2 aromatic heterocycles. The number of para-hydroxylation sites is 1. The zero-order chi connectivity index (χ0) is 14.1. The number of aromatic nitrogens is 6. The fraction of sp³-hybridized carbons (Fsp3) is 0.231. The number of benzene rings is 1. The molecule has 0 radical (unpaired) electrons. The molecule has 20 heavy (non-hydrogen) atoms. The van der Waals surface area contributed by atoms with Gasteiger partial charge in [-0.15, -0.1) is 10.2 Å². The summed E-state index contributed by atoms with van der Waals surface area (Å²) in [6, 6.07) is 9.89. The van der Waals surface area contributed by atoms with Crippen LogP contribution in [0.3, 0.4) is 0 Å². The van der Waals surface area contributed by atoms with Gasteiger partial charge in [-0.2, -0.15) is 4.80 Å². The summed E-state index contributed by atoms with van der Waals surface area (Å²) in [6.45, 7) is 4.70. The van der Waals surface area contributed by atoms with Crippen molar-refractivity contribution in [3.63, 3.8) is 0 Å². The number of hydrogen-bond acceptors (Lipinski definition) is 4. The van der Waals surface area contributed by atoms with Crippen molar-refractivity contribution < 1.29 is 0 Å². The first-order valence-electron chi connectivity index (χ1n) is 6.35. The molecule has 0 fully saturated rings. The van der Waals surface area contributed by atoms with E-state index in [1.54, 1.807) is 0 Å². The highest BCUT2D eigenvalue weighted by Crippen LogP contribution is 2.18. The third kappa shape index (κ3) is 2.16. The van der Waals surface area contributed by atoms with E-state index in [-0.39, 0.29) is 0 Å². The first-order valence-corrected chi connectivity index (χ1v) is 6.76. The van der Waals surface area contributed by atoms with E-state index in [0.29, 0.717) is 17.0 Å². The highest BCUT2D eigenvalue weighted by atomic mass is 32.1. The fourth-order valence-corrected chi connectivity index (χ4v) is 2.25. The highest BCUT2D eigenvalue weighted by Gasteiger charge is 2.10. The summed E-state index contributed by atoms with van der Waals surface area (Å²) >= 11 is 5.40. The number of rotatable bonds is 3. The summed E-state index contributed by atoms with van der Waals surface area (Å²) in [5, 5.41) is 15.5. The fourth-order valence-electron chi connectivity index (χ4n) is 1.99. The van der Waals surface area contributed by atoms with Crippen molar-refractivity contribution in [2.24, 2.45) is 0 Å². The van der Waals surface area contributed by atoms with Gasteiger partial charge in [0.1, 0.15) is 10.3 Å². The Morgan fingerprint density at radius 3 is 2.80 bits per heavy atom. The molecule has 102 valence electrons. The lowest BCUT2D eigenvalue weighted by Crippen LogP contribution is -1.99. The van der Waals surface area contributed by atoms with Crippen LogP contribution in [0, 0.1) is 11.6 Å². The Labute approximate surface area is 121 Å². The van der Waals surface area contributed by atoms with Gasteiger partial charge in [-0.25, -0.2) is 4.68 Å². The molecule has 2 heterocycles. The van der Waals surface area contributed by atoms with Gasteiger partial charge < -0.3 is 0 Å². The molecule has 0 bridgehead atoms. The summed E-state index contributed by atoms with van der Waals surface area (Å²) in [4.78, 5) is 1.54. The van der Waals surface area contributed by atoms with Crippen LogP contribution in [-0.2, 0) is 6.54 Å². The standard InChI is InChI=1S/C13H14N6S/c1-3-18-16-13(14-17-18)10-8-12(20)19(15-10)11-7-5-4-6-9(11)2/h4-8,15H,3H2,1-2H3. The second kappa shape index (κ2) is 5.01. The van der Waals surface area contributed by atoms with Crippen molar-refractivity contribution in [2.75, 3.05) is 0 Å². The molecule has 7 heteroatoms. The molecule has 0 aliphatic carbocycles. The lowest BCUT2D eigenvalue weighted by atomic mass is 10.2. The van der Waals surface area contributed by atoms with E-state index in [2.05, 4.69) is 20.5 Å². The van der Waals surface area contributed by atoms with E-state index in [4.69, 9.17) is 12.2 Å². The first kappa shape index (κ1) is 12.7. The summed E-state index contributed by atoms with van der Waals surface area (Å²) in [7, 11) is 0. The van der Waals surface area contributed by atoms with E-state index in [1.165, 1.54) is 4.80 Å². The Hall–Kier alpha value is -2.28. The van der Waals surface area contributed by atoms with Gasteiger partial charge in [0, 0.05) is 6.07 Å². The van der Waals surface area contributed by atoms with Gasteiger partial charge in [0.2, 0.25) is 5.82 Å². The van der Waals surface area contributed by atoms with E-state index in [0.717, 1.165) is 16.9 Å². The average molecular weight is 286 g/mol. The van der Waals surface area contributed by atoms with Crippen molar-refractivity contribution >= 4 is 12.2 Å². The zero-order valence-corrected chi connectivity index (χ0v) is 12.1. The van der Waals surface area contributed by atoms with Gasteiger partial charge in [-0.05, 0) is 30.7 Å². The second-order valence-electron chi connectivity index (χ2n) is 4.43. The molecule has 0 saturated carbocycles. The summed E-state index contributed by atoms with van der Waals surface area (Å²) < 4.78 is 2.54. The van der Waals surface area contributed by atoms with Crippen LogP contribution in [0.25, 0.3) is 17.2 Å². The van der Waals surface area contributed by atoms with E-state index >= 15 is 0 Å². The normalized spacial score (nSPS) is 10.9. The number of tetrazole rings is 1. The largest absolute Gasteiger partial charge is 0.289 e. The summed E-state index contributed by atoms with van der Waals surface area (Å²) in [5.74, 6) is 0.547. The Morgan fingerprint density at radius 2 is 2.10 bits per heavy atom. The molecule has 0 aliphatic rings. The van der Waals surface area contributed by atoms with Crippen LogP contribution in [0.2, 0.25) is 0 Å². The first-order chi connectivity index (χ1) is 9.69. The van der Waals surface area contributed by atoms with E-state index < -0.39 is 0 Å². The number of nitrogens with zero attached hydrogens (tertiary/aromatic N) is 5. The van der Waals surface area contributed by atoms with Crippen LogP contribution in [0.15, 0.2) is 30.3 Å². The smallest absolute Gasteiger partial charge is 0.222 e. The Morgan fingerprint density at radius 1 is 1.30 bits per heavy atom. The maximum absolute atomic E-state index is 5.40. The quantitative estimate of drug-likeness (QED) is 0.751. The molecule has 0 unspecified atom stereocenters. The predicted octanol–water partition coefficient (Wildman–Crippen LogP) is 2.52. The highest BCUT2D eigenvalue weighted by molar-refractivity contribution is 7.71. The Kier molecular flexibility index (Phi) is 3.19. The van der Waals surface area contributed by atoms with Crippen LogP contribution in [-0.4, -0.2) is 30.0 Å². The van der Waals surface area contributed by atoms with Gasteiger partial charge >= 0.3 is 0 Å². The maximum atomic E-state index is 5.40. The maximum Gasteiger partial charge on any atom is 0.222 e. The van der Waals surface area contributed by atoms with Gasteiger partial charge in [-0.3, -0.25) is 5.10 Å². The Balaban J connectivity index is 2.08. The minimum absolute atomic E-state index is 0.547. The van der Waals surface area contributed by atoms with Crippen molar-refractivity contribution in [2.45, 2.75) is 20.4 Å². The van der Waals surface area contributed by atoms with Gasteiger partial charge in [0.05, 0.1) is 12.2 Å². The molecule has 3 aromatic rings. The van der Waals surface area contributed by atoms with Gasteiger partial charge in [0.15, 0.2) is 0 Å². The summed E-state index contributed by atoms with van der Waals surface area (Å²) in [5.41, 5.74) is 2.92. The number of H-pyrrole nitrogens is 1. The SMILES string of the molecule is CCn1nnc(-c2cc(=S)n(-c3ccccc3C)[nH]2)n1. The van der Waals surface area contributed by atoms with Crippen molar-refractivity contribution in [1.82, 2.24) is 30.0 Å². The molecule has 0 saturated heterocycles. The predicted molar refractivity (Wildman–Crippen MR) is 78.2 cm³/mol. The van der Waals surface area contributed by atoms with Crippen LogP contribution in [0.1, 0.15) is 12.5 Å². The lowest BCUT2D eigenvalue weighted by molar-refractivity contribution is 0.552. The molecular weight excluding hydrogens is 272 g/mol. The number of hydrogen-bond donors (Lipinski definition) is 1. The lowest BCUT2D eigenvalue weighted by Gasteiger charge is -2.06. The molecule has 1 aromatic carbocycles. The third-order valence-corrected chi connectivity index (χ3v) is 3.35. The average Bonchev–Trinajstić information content (AvgIpc) is 3.06. The van der Waals surface area contributed by atoms with E-state index in [9.17, 15) is 0 Å². The van der Waals surface area contributed by atoms with Crippen LogP contribution < -0.4 is 0 Å². The molecule has 1 N–H and O–H groups in total. The molecule has 0 amide bonds. The number of nitrogens with one attached hydrogen (secondary N) is 1. The molecule has 0 atom stereocenters. The zero-order valence-electron chi connectivity index (χ0n) is 11.2. The van der Waals surface area contributed by atoms with Crippen molar-refractivity contribution in [3.05, 3.63) is 40.5 Å². The van der Waals surface area contributed by atoms with Crippen molar-refractivity contribution in [3.8, 4) is 17.2 Å². The Bertz CT molecular complexity index is 797. The molecule has 6 nitrogen and oxygen atoms in total. The third-order valence-electron chi connectivity index (χ3n) is 3.05. The minimum Gasteiger partial charge on any atom is -0.289 e. The second-order valence-corrected chi connectivity index (χ2v) is 4.85. The number of aryl methyl sites for hydroxylation is 2. The van der Waals surface area contributed by atoms with Crippen molar-refractivity contribution in [1.29, 1.82) is 0 Å². The van der Waals surface area contributed by atoms with Crippen LogP contribution in [0.4, 0.5) is 0 Å². The molecule has 3 rings (SSSR count). The van der Waals surface area contributed by atoms with Gasteiger partial charge in [-0.1, -0.05) is 30.4 Å². The van der Waals surface area contributed by atoms with Crippen LogP contribution >= 0.6 is 12.2 Å². The van der Waals surface area contributed by atoms with Gasteiger partial charge in [0.25, 0.3) is 0 Å². The molecule has 0 aliphatic heterocycles. The van der Waals surface area contributed by atoms with Crippen LogP contribution in [0.5, 0.6) is 0 Å². The van der Waals surface area contributed by atoms with E-state index in [1.807, 2.05) is 48.9 Å². The molecular formula is C13H14N6S. The minimum atomic E-state index is 0.547.